The molecule has 0 spiro atoms. The van der Waals surface area contributed by atoms with E-state index in [1.807, 2.05) is 40.9 Å². The van der Waals surface area contributed by atoms with E-state index in [-0.39, 0.29) is 0 Å². The van der Waals surface area contributed by atoms with Gasteiger partial charge in [0.2, 0.25) is 4.96 Å². The number of rotatable bonds is 6. The Balaban J connectivity index is 1.80. The first-order valence-electron chi connectivity index (χ1n) is 7.56. The van der Waals surface area contributed by atoms with Crippen LogP contribution < -0.4 is 0 Å². The monoisotopic (exact) mass is 347 g/mol. The third-order valence-electron chi connectivity index (χ3n) is 3.62. The van der Waals surface area contributed by atoms with Crippen LogP contribution in [0.4, 0.5) is 0 Å². The minimum atomic E-state index is 0.738. The Hall–Kier alpha value is -1.76. The summed E-state index contributed by atoms with van der Waals surface area (Å²) in [6.45, 7) is 7.02. The van der Waals surface area contributed by atoms with E-state index >= 15 is 0 Å². The van der Waals surface area contributed by atoms with E-state index in [4.69, 9.17) is 11.6 Å². The van der Waals surface area contributed by atoms with Crippen molar-refractivity contribution < 1.29 is 0 Å². The van der Waals surface area contributed by atoms with Crippen molar-refractivity contribution in [3.63, 3.8) is 0 Å². The van der Waals surface area contributed by atoms with E-state index in [9.17, 15) is 0 Å². The molecular formula is C16H18ClN5S. The van der Waals surface area contributed by atoms with Gasteiger partial charge in [0.25, 0.3) is 0 Å². The quantitative estimate of drug-likeness (QED) is 0.679. The topological polar surface area (TPSA) is 46.3 Å². The second-order valence-electron chi connectivity index (χ2n) is 5.10. The summed E-state index contributed by atoms with van der Waals surface area (Å²) in [6.07, 6.45) is 4.01. The zero-order chi connectivity index (χ0) is 16.2. The highest BCUT2D eigenvalue weighted by atomic mass is 35.5. The molecule has 23 heavy (non-hydrogen) atoms. The van der Waals surface area contributed by atoms with E-state index in [0.29, 0.717) is 0 Å². The molecule has 2 aromatic heterocycles. The highest BCUT2D eigenvalue weighted by Crippen LogP contribution is 2.18. The molecule has 0 fully saturated rings. The Labute approximate surface area is 144 Å². The van der Waals surface area contributed by atoms with Gasteiger partial charge in [-0.2, -0.15) is 9.61 Å². The summed E-state index contributed by atoms with van der Waals surface area (Å²) in [7, 11) is 0. The minimum Gasteiger partial charge on any atom is -0.296 e. The van der Waals surface area contributed by atoms with Crippen LogP contribution in [0.3, 0.4) is 0 Å². The van der Waals surface area contributed by atoms with Crippen molar-refractivity contribution in [3.05, 3.63) is 45.7 Å². The summed E-state index contributed by atoms with van der Waals surface area (Å²) in [6, 6.07) is 7.71. The van der Waals surface area contributed by atoms with E-state index in [2.05, 4.69) is 34.0 Å². The number of fused-ring (bicyclic) bond motifs is 1. The molecule has 0 atom stereocenters. The smallest absolute Gasteiger partial charge is 0.235 e. The van der Waals surface area contributed by atoms with Crippen LogP contribution in [-0.2, 0) is 6.54 Å². The van der Waals surface area contributed by atoms with Crippen LogP contribution in [0.25, 0.3) is 17.1 Å². The zero-order valence-electron chi connectivity index (χ0n) is 13.1. The molecule has 0 saturated heterocycles. The van der Waals surface area contributed by atoms with Crippen LogP contribution in [0.1, 0.15) is 30.2 Å². The predicted molar refractivity (Wildman–Crippen MR) is 95.7 cm³/mol. The fraction of sp³-hybridized carbons (Fsp3) is 0.312. The van der Waals surface area contributed by atoms with Crippen LogP contribution >= 0.6 is 22.9 Å². The number of halogens is 1. The largest absolute Gasteiger partial charge is 0.296 e. The molecule has 0 saturated carbocycles. The molecule has 120 valence electrons. The van der Waals surface area contributed by atoms with Crippen LogP contribution in [0, 0.1) is 0 Å². The molecule has 3 rings (SSSR count). The van der Waals surface area contributed by atoms with Gasteiger partial charge < -0.3 is 0 Å². The number of nitrogens with zero attached hydrogens (tertiary/aromatic N) is 5. The maximum Gasteiger partial charge on any atom is 0.235 e. The second kappa shape index (κ2) is 7.21. The molecule has 0 aliphatic heterocycles. The summed E-state index contributed by atoms with van der Waals surface area (Å²) in [5.41, 5.74) is 1.09. The SMILES string of the molecule is CCN(CC)Cc1nnc2sc(/C=C/c3ccc(Cl)cc3)nn12. The fourth-order valence-electron chi connectivity index (χ4n) is 2.23. The van der Waals surface area contributed by atoms with E-state index < -0.39 is 0 Å². The molecule has 0 N–H and O–H groups in total. The van der Waals surface area contributed by atoms with Gasteiger partial charge in [0.05, 0.1) is 6.54 Å². The third-order valence-corrected chi connectivity index (χ3v) is 4.73. The lowest BCUT2D eigenvalue weighted by atomic mass is 10.2. The molecule has 5 nitrogen and oxygen atoms in total. The Morgan fingerprint density at radius 3 is 2.57 bits per heavy atom. The van der Waals surface area contributed by atoms with Crippen LogP contribution in [0.2, 0.25) is 5.02 Å². The lowest BCUT2D eigenvalue weighted by Gasteiger charge is -2.15. The van der Waals surface area contributed by atoms with E-state index in [1.54, 1.807) is 0 Å². The van der Waals surface area contributed by atoms with Crippen molar-refractivity contribution in [1.82, 2.24) is 24.7 Å². The number of hydrogen-bond acceptors (Lipinski definition) is 5. The standard InChI is InChI=1S/C16H18ClN5S/c1-3-21(4-2)11-14-18-19-16-22(14)20-15(23-16)10-7-12-5-8-13(17)9-6-12/h5-10H,3-4,11H2,1-2H3/b10-7+. The molecule has 0 unspecified atom stereocenters. The van der Waals surface area contributed by atoms with Crippen LogP contribution in [0.5, 0.6) is 0 Å². The van der Waals surface area contributed by atoms with Gasteiger partial charge in [-0.05, 0) is 36.9 Å². The highest BCUT2D eigenvalue weighted by molar-refractivity contribution is 7.17. The molecule has 0 bridgehead atoms. The summed E-state index contributed by atoms with van der Waals surface area (Å²) >= 11 is 7.42. The first-order chi connectivity index (χ1) is 11.2. The molecule has 0 aliphatic rings. The molecule has 0 amide bonds. The Kier molecular flexibility index (Phi) is 5.05. The van der Waals surface area contributed by atoms with E-state index in [1.165, 1.54) is 11.3 Å². The van der Waals surface area contributed by atoms with Crippen molar-refractivity contribution in [2.24, 2.45) is 0 Å². The fourth-order valence-corrected chi connectivity index (χ4v) is 3.11. The molecule has 7 heteroatoms. The average molecular weight is 348 g/mol. The molecular weight excluding hydrogens is 330 g/mol. The summed E-state index contributed by atoms with van der Waals surface area (Å²) in [4.78, 5) is 3.11. The van der Waals surface area contributed by atoms with Crippen LogP contribution in [-0.4, -0.2) is 37.8 Å². The zero-order valence-corrected chi connectivity index (χ0v) is 14.7. The Bertz CT molecular complexity index is 802. The lowest BCUT2D eigenvalue weighted by molar-refractivity contribution is 0.286. The van der Waals surface area contributed by atoms with Crippen molar-refractivity contribution in [1.29, 1.82) is 0 Å². The predicted octanol–water partition coefficient (Wildman–Crippen LogP) is 3.85. The number of benzene rings is 1. The lowest BCUT2D eigenvalue weighted by Crippen LogP contribution is -2.23. The van der Waals surface area contributed by atoms with Gasteiger partial charge in [0.15, 0.2) is 5.82 Å². The Morgan fingerprint density at radius 1 is 1.13 bits per heavy atom. The summed E-state index contributed by atoms with van der Waals surface area (Å²) < 4.78 is 1.84. The minimum absolute atomic E-state index is 0.738. The first kappa shape index (κ1) is 16.1. The highest BCUT2D eigenvalue weighted by Gasteiger charge is 2.12. The molecule has 1 aromatic carbocycles. The first-order valence-corrected chi connectivity index (χ1v) is 8.76. The average Bonchev–Trinajstić information content (AvgIpc) is 3.13. The maximum atomic E-state index is 5.89. The number of hydrogen-bond donors (Lipinski definition) is 0. The normalized spacial score (nSPS) is 12.0. The van der Waals surface area contributed by atoms with Gasteiger partial charge in [0.1, 0.15) is 5.01 Å². The second-order valence-corrected chi connectivity index (χ2v) is 6.52. The van der Waals surface area contributed by atoms with Gasteiger partial charge in [-0.15, -0.1) is 10.2 Å². The maximum absolute atomic E-state index is 5.89. The van der Waals surface area contributed by atoms with Gasteiger partial charge in [-0.25, -0.2) is 0 Å². The van der Waals surface area contributed by atoms with Crippen molar-refractivity contribution in [3.8, 4) is 0 Å². The molecule has 2 heterocycles. The van der Waals surface area contributed by atoms with Gasteiger partial charge >= 0.3 is 0 Å². The third kappa shape index (κ3) is 3.77. The number of aromatic nitrogens is 4. The molecule has 0 aliphatic carbocycles. The van der Waals surface area contributed by atoms with Crippen LogP contribution in [0.15, 0.2) is 24.3 Å². The molecule has 0 radical (unpaired) electrons. The van der Waals surface area contributed by atoms with Gasteiger partial charge in [-0.1, -0.05) is 55.0 Å². The summed E-state index contributed by atoms with van der Waals surface area (Å²) in [5, 5.41) is 14.7. The van der Waals surface area contributed by atoms with Crippen molar-refractivity contribution in [2.45, 2.75) is 20.4 Å². The van der Waals surface area contributed by atoms with Gasteiger partial charge in [0, 0.05) is 5.02 Å². The Morgan fingerprint density at radius 2 is 1.87 bits per heavy atom. The molecule has 3 aromatic rings. The van der Waals surface area contributed by atoms with Crippen molar-refractivity contribution >= 4 is 40.1 Å². The summed E-state index contributed by atoms with van der Waals surface area (Å²) in [5.74, 6) is 0.881. The van der Waals surface area contributed by atoms with E-state index in [0.717, 1.165) is 46.0 Å². The van der Waals surface area contributed by atoms with Gasteiger partial charge in [-0.3, -0.25) is 4.90 Å². The van der Waals surface area contributed by atoms with Crippen molar-refractivity contribution in [2.75, 3.05) is 13.1 Å².